The maximum atomic E-state index is 4.19. The smallest absolute Gasteiger partial charge is 0.0409 e. The largest absolute Gasteiger partial charge is 0.264 e. The van der Waals surface area contributed by atoms with Gasteiger partial charge < -0.3 is 0 Å². The fourth-order valence-corrected chi connectivity index (χ4v) is 2.31. The molecule has 0 bridgehead atoms. The number of rotatable bonds is 1. The Morgan fingerprint density at radius 2 is 2.31 bits per heavy atom. The molecule has 0 radical (unpaired) electrons. The van der Waals surface area contributed by atoms with E-state index in [1.807, 2.05) is 18.5 Å². The van der Waals surface area contributed by atoms with Gasteiger partial charge in [0.05, 0.1) is 0 Å². The summed E-state index contributed by atoms with van der Waals surface area (Å²) in [5, 5.41) is 2.10. The van der Waals surface area contributed by atoms with Gasteiger partial charge in [-0.25, -0.2) is 0 Å². The number of aliphatic imine (C=N–C) groups is 1. The lowest BCUT2D eigenvalue weighted by molar-refractivity contribution is 0.710. The van der Waals surface area contributed by atoms with E-state index in [0.717, 1.165) is 0 Å². The van der Waals surface area contributed by atoms with E-state index in [1.54, 1.807) is 11.8 Å². The van der Waals surface area contributed by atoms with Gasteiger partial charge in [0, 0.05) is 17.3 Å². The van der Waals surface area contributed by atoms with Gasteiger partial charge in [0.1, 0.15) is 0 Å². The Hall–Kier alpha value is -0.760. The third-order valence-corrected chi connectivity index (χ3v) is 3.16. The summed E-state index contributed by atoms with van der Waals surface area (Å²) in [7, 11) is 0. The topological polar surface area (TPSA) is 12.4 Å². The van der Waals surface area contributed by atoms with Crippen LogP contribution in [0.15, 0.2) is 39.2 Å². The molecule has 1 aliphatic heterocycles. The van der Waals surface area contributed by atoms with E-state index in [9.17, 15) is 0 Å². The lowest BCUT2D eigenvalue weighted by Gasteiger charge is -2.13. The van der Waals surface area contributed by atoms with Crippen molar-refractivity contribution in [1.29, 1.82) is 0 Å². The fourth-order valence-electron chi connectivity index (χ4n) is 1.56. The molecule has 0 aromatic carbocycles. The van der Waals surface area contributed by atoms with E-state index in [-0.39, 0.29) is 0 Å². The van der Waals surface area contributed by atoms with Gasteiger partial charge in [-0.3, -0.25) is 4.99 Å². The molecule has 0 unspecified atom stereocenters. The molecule has 0 N–H and O–H groups in total. The quantitative estimate of drug-likeness (QED) is 0.616. The van der Waals surface area contributed by atoms with Crippen molar-refractivity contribution in [2.75, 3.05) is 0 Å². The summed E-state index contributed by atoms with van der Waals surface area (Å²) in [6.45, 7) is 0. The Morgan fingerprint density at radius 1 is 1.31 bits per heavy atom. The van der Waals surface area contributed by atoms with Crippen LogP contribution in [0.25, 0.3) is 0 Å². The Bertz CT molecular complexity index is 297. The zero-order chi connectivity index (χ0) is 8.93. The Kier molecular flexibility index (Phi) is 3.03. The minimum Gasteiger partial charge on any atom is -0.264 e. The second kappa shape index (κ2) is 4.47. The first kappa shape index (κ1) is 8.82. The van der Waals surface area contributed by atoms with Crippen molar-refractivity contribution >= 4 is 18.0 Å². The van der Waals surface area contributed by atoms with Crippen molar-refractivity contribution in [2.45, 2.75) is 25.7 Å². The predicted molar refractivity (Wildman–Crippen MR) is 59.9 cm³/mol. The summed E-state index contributed by atoms with van der Waals surface area (Å²) in [5.74, 6) is 0. The van der Waals surface area contributed by atoms with Gasteiger partial charge in [-0.15, -0.1) is 0 Å². The molecule has 0 saturated heterocycles. The monoisotopic (exact) mass is 191 g/mol. The normalized spacial score (nSPS) is 22.2. The van der Waals surface area contributed by atoms with Crippen molar-refractivity contribution in [3.8, 4) is 0 Å². The molecule has 1 heterocycles. The summed E-state index contributed by atoms with van der Waals surface area (Å²) in [6.07, 6.45) is 13.3. The van der Waals surface area contributed by atoms with E-state index < -0.39 is 0 Å². The summed E-state index contributed by atoms with van der Waals surface area (Å²) in [5.41, 5.74) is 1.49. The van der Waals surface area contributed by atoms with Crippen LogP contribution in [0.3, 0.4) is 0 Å². The van der Waals surface area contributed by atoms with Crippen LogP contribution >= 0.6 is 11.8 Å². The zero-order valence-electron chi connectivity index (χ0n) is 7.57. The molecule has 13 heavy (non-hydrogen) atoms. The lowest BCUT2D eigenvalue weighted by atomic mass is 9.99. The van der Waals surface area contributed by atoms with E-state index in [4.69, 9.17) is 0 Å². The maximum absolute atomic E-state index is 4.19. The molecule has 0 aromatic heterocycles. The number of nitrogens with zero attached hydrogens (tertiary/aromatic N) is 1. The molecule has 68 valence electrons. The van der Waals surface area contributed by atoms with Gasteiger partial charge in [0.25, 0.3) is 0 Å². The third-order valence-electron chi connectivity index (χ3n) is 2.24. The second-order valence-corrected chi connectivity index (χ2v) is 4.16. The summed E-state index contributed by atoms with van der Waals surface area (Å²) < 4.78 is 0. The van der Waals surface area contributed by atoms with Gasteiger partial charge in [-0.2, -0.15) is 0 Å². The fraction of sp³-hybridized carbons (Fsp3) is 0.364. The molecule has 0 amide bonds. The first-order valence-electron chi connectivity index (χ1n) is 4.71. The lowest BCUT2D eigenvalue weighted by Crippen LogP contribution is -1.92. The number of allylic oxidation sites excluding steroid dienone is 3. The van der Waals surface area contributed by atoms with Gasteiger partial charge in [0.15, 0.2) is 0 Å². The van der Waals surface area contributed by atoms with Crippen LogP contribution in [-0.4, -0.2) is 6.21 Å². The Labute approximate surface area is 83.3 Å². The first-order chi connectivity index (χ1) is 6.47. The number of hydrogen-bond acceptors (Lipinski definition) is 2. The molecule has 0 atom stereocenters. The van der Waals surface area contributed by atoms with Crippen LogP contribution in [0, 0.1) is 0 Å². The molecule has 0 fully saturated rings. The van der Waals surface area contributed by atoms with E-state index in [2.05, 4.69) is 16.5 Å². The number of hydrogen-bond donors (Lipinski definition) is 0. The molecule has 1 nitrogen and oxygen atoms in total. The Balaban J connectivity index is 2.15. The average molecular weight is 191 g/mol. The SMILES string of the molecule is C1=CSC(C2=CCCCC2)=CN=C1. The van der Waals surface area contributed by atoms with Crippen molar-refractivity contribution in [1.82, 2.24) is 0 Å². The van der Waals surface area contributed by atoms with Crippen molar-refractivity contribution in [3.05, 3.63) is 34.2 Å². The molecule has 0 spiro atoms. The maximum Gasteiger partial charge on any atom is 0.0409 e. The molecule has 2 rings (SSSR count). The highest BCUT2D eigenvalue weighted by Gasteiger charge is 2.08. The van der Waals surface area contributed by atoms with Crippen LogP contribution in [0.2, 0.25) is 0 Å². The number of thioether (sulfide) groups is 1. The minimum absolute atomic E-state index is 1.22. The van der Waals surface area contributed by atoms with Crippen LogP contribution in [-0.2, 0) is 0 Å². The van der Waals surface area contributed by atoms with Crippen molar-refractivity contribution in [3.63, 3.8) is 0 Å². The van der Waals surface area contributed by atoms with E-state index in [1.165, 1.54) is 36.2 Å². The van der Waals surface area contributed by atoms with E-state index in [0.29, 0.717) is 0 Å². The Morgan fingerprint density at radius 3 is 3.15 bits per heavy atom. The standard InChI is InChI=1S/C11H13NS/c1-2-5-10(6-3-1)11-9-12-7-4-8-13-11/h4-5,7-9H,1-3,6H2. The third kappa shape index (κ3) is 2.34. The molecule has 2 heteroatoms. The highest BCUT2D eigenvalue weighted by Crippen LogP contribution is 2.32. The van der Waals surface area contributed by atoms with Crippen LogP contribution in [0.5, 0.6) is 0 Å². The minimum atomic E-state index is 1.22. The zero-order valence-corrected chi connectivity index (χ0v) is 8.39. The van der Waals surface area contributed by atoms with Crippen molar-refractivity contribution < 1.29 is 0 Å². The van der Waals surface area contributed by atoms with Gasteiger partial charge in [-0.05, 0) is 42.7 Å². The summed E-state index contributed by atoms with van der Waals surface area (Å²) in [4.78, 5) is 5.52. The highest BCUT2D eigenvalue weighted by atomic mass is 32.2. The average Bonchev–Trinajstić information content (AvgIpc) is 2.47. The summed E-state index contributed by atoms with van der Waals surface area (Å²) in [6, 6.07) is 0. The van der Waals surface area contributed by atoms with Gasteiger partial charge in [0.2, 0.25) is 0 Å². The predicted octanol–water partition coefficient (Wildman–Crippen LogP) is 3.66. The highest BCUT2D eigenvalue weighted by molar-refractivity contribution is 8.06. The van der Waals surface area contributed by atoms with Crippen molar-refractivity contribution in [2.24, 2.45) is 4.99 Å². The van der Waals surface area contributed by atoms with Crippen LogP contribution in [0.4, 0.5) is 0 Å². The first-order valence-corrected chi connectivity index (χ1v) is 5.59. The molecular weight excluding hydrogens is 178 g/mol. The molecule has 2 aliphatic rings. The van der Waals surface area contributed by atoms with Gasteiger partial charge in [-0.1, -0.05) is 17.8 Å². The molecule has 1 aliphatic carbocycles. The summed E-state index contributed by atoms with van der Waals surface area (Å²) >= 11 is 1.78. The van der Waals surface area contributed by atoms with Crippen LogP contribution < -0.4 is 0 Å². The molecule has 0 saturated carbocycles. The molecule has 0 aromatic rings. The van der Waals surface area contributed by atoms with Crippen LogP contribution in [0.1, 0.15) is 25.7 Å². The van der Waals surface area contributed by atoms with Gasteiger partial charge >= 0.3 is 0 Å². The second-order valence-electron chi connectivity index (χ2n) is 3.21. The van der Waals surface area contributed by atoms with E-state index >= 15 is 0 Å². The molecular formula is C11H13NS.